The number of nitrogens with one attached hydrogen (secondary N) is 2. The molecule has 3 aromatic rings. The van der Waals surface area contributed by atoms with E-state index in [4.69, 9.17) is 10.1 Å². The Hall–Kier alpha value is -0.217. The average molecular weight is 527 g/mol. The van der Waals surface area contributed by atoms with Crippen LogP contribution in [0.3, 0.4) is 0 Å². The summed E-state index contributed by atoms with van der Waals surface area (Å²) in [4.78, 5) is 19.0. The molecule has 0 saturated carbocycles. The number of amides is 1. The summed E-state index contributed by atoms with van der Waals surface area (Å²) >= 11 is 0.987. The maximum atomic E-state index is 12.0. The van der Waals surface area contributed by atoms with Crippen molar-refractivity contribution >= 4 is 60.7 Å². The van der Waals surface area contributed by atoms with E-state index in [1.165, 1.54) is 19.1 Å². The van der Waals surface area contributed by atoms with E-state index in [9.17, 15) is 22.9 Å². The fourth-order valence-corrected chi connectivity index (χ4v) is 3.68. The van der Waals surface area contributed by atoms with E-state index in [0.717, 1.165) is 23.5 Å². The molecule has 1 amide bonds. The molecule has 12 nitrogen and oxygen atoms in total. The van der Waals surface area contributed by atoms with Crippen molar-refractivity contribution in [3.05, 3.63) is 29.8 Å². The monoisotopic (exact) mass is 526 g/mol. The molecule has 0 radical (unpaired) electrons. The quantitative estimate of drug-likeness (QED) is 0.103. The molecule has 2 aromatic heterocycles. The molecule has 16 heteroatoms. The summed E-state index contributed by atoms with van der Waals surface area (Å²) in [6, 6.07) is 4.86. The van der Waals surface area contributed by atoms with Gasteiger partial charge in [-0.2, -0.15) is 0 Å². The molecule has 0 aliphatic carbocycles. The van der Waals surface area contributed by atoms with E-state index in [1.807, 2.05) is 0 Å². The van der Waals surface area contributed by atoms with Crippen molar-refractivity contribution in [3.8, 4) is 5.75 Å². The number of thiazole rings is 1. The Bertz CT molecular complexity index is 1280. The zero-order valence-corrected chi connectivity index (χ0v) is 25.0. The first-order chi connectivity index (χ1) is 14.2. The zero-order valence-electron chi connectivity index (χ0n) is 17.1. The Morgan fingerprint density at radius 1 is 1.28 bits per heavy atom. The molecule has 0 aliphatic rings. The molecule has 32 heavy (non-hydrogen) atoms. The maximum absolute atomic E-state index is 12.0. The Kier molecular flexibility index (Phi) is 12.1. The van der Waals surface area contributed by atoms with E-state index >= 15 is 0 Å². The fourth-order valence-electron chi connectivity index (χ4n) is 2.29. The smallest absolute Gasteiger partial charge is 0.870 e. The standard InChI is InChI=1S/C16H14N6O6S2.2K/c1-8(23)18-15-12(24)4-9(6-28-7-17)14(20-15)21-22-16-19-11-3-2-10(30(25,26)27)5-13(11)29-16;;/h2-5,7,17,24H,6H2,1H3,(H,18,20,23)(H,25,26,27);;/q;2*+1/p-2. The molecule has 0 fully saturated rings. The van der Waals surface area contributed by atoms with Crippen LogP contribution in [0.25, 0.3) is 10.2 Å². The maximum Gasteiger partial charge on any atom is 1.00 e. The summed E-state index contributed by atoms with van der Waals surface area (Å²) in [5.41, 5.74) is 0.637. The van der Waals surface area contributed by atoms with E-state index in [1.54, 1.807) is 0 Å². The van der Waals surface area contributed by atoms with Gasteiger partial charge in [0.05, 0.1) is 15.1 Å². The van der Waals surface area contributed by atoms with Gasteiger partial charge in [-0.3, -0.25) is 10.2 Å². The molecule has 0 unspecified atom stereocenters. The minimum Gasteiger partial charge on any atom is -0.870 e. The van der Waals surface area contributed by atoms with E-state index < -0.39 is 21.8 Å². The molecule has 3 rings (SSSR count). The fraction of sp³-hybridized carbons (Fsp3) is 0.125. The molecule has 0 aliphatic heterocycles. The molecule has 1 aromatic carbocycles. The Morgan fingerprint density at radius 3 is 2.62 bits per heavy atom. The molecule has 2 N–H and O–H groups in total. The third kappa shape index (κ3) is 7.93. The van der Waals surface area contributed by atoms with Gasteiger partial charge >= 0.3 is 103 Å². The van der Waals surface area contributed by atoms with Crippen LogP contribution in [0.2, 0.25) is 0 Å². The summed E-state index contributed by atoms with van der Waals surface area (Å²) in [6.07, 6.45) is 0.683. The SMILES string of the molecule is CC(=O)Nc1nc(N=Nc2nc3ccc(S(=O)(=O)[O-])cc3s2)c(COC=N)cc1[O-].[K+].[K+]. The van der Waals surface area contributed by atoms with Crippen molar-refractivity contribution in [2.24, 2.45) is 10.2 Å². The molecule has 0 bridgehead atoms. The Balaban J connectivity index is 0.00000256. The Morgan fingerprint density at radius 2 is 2.00 bits per heavy atom. The summed E-state index contributed by atoms with van der Waals surface area (Å²) in [6.45, 7) is 1.04. The van der Waals surface area contributed by atoms with Gasteiger partial charge in [-0.15, -0.1) is 10.2 Å². The second-order valence-electron chi connectivity index (χ2n) is 5.71. The number of pyridine rings is 1. The first-order valence-electron chi connectivity index (χ1n) is 8.04. The predicted octanol–water partition coefficient (Wildman–Crippen LogP) is -3.83. The second-order valence-corrected chi connectivity index (χ2v) is 8.10. The molecular formula is C16H12K2N6O6S2. The van der Waals surface area contributed by atoms with Gasteiger partial charge in [-0.05, 0) is 18.2 Å². The number of nitrogens with zero attached hydrogens (tertiary/aromatic N) is 4. The van der Waals surface area contributed by atoms with Crippen LogP contribution in [0.5, 0.6) is 5.75 Å². The number of aromatic nitrogens is 2. The summed E-state index contributed by atoms with van der Waals surface area (Å²) in [5, 5.41) is 29.3. The van der Waals surface area contributed by atoms with Gasteiger partial charge in [0.1, 0.15) is 22.5 Å². The van der Waals surface area contributed by atoms with Crippen LogP contribution < -0.4 is 113 Å². The van der Waals surface area contributed by atoms with Crippen LogP contribution in [0.1, 0.15) is 12.5 Å². The van der Waals surface area contributed by atoms with E-state index in [0.29, 0.717) is 16.6 Å². The van der Waals surface area contributed by atoms with Crippen LogP contribution in [0.4, 0.5) is 16.8 Å². The zero-order chi connectivity index (χ0) is 21.9. The van der Waals surface area contributed by atoms with E-state index in [-0.39, 0.29) is 137 Å². The summed E-state index contributed by atoms with van der Waals surface area (Å²) in [7, 11) is -4.61. The van der Waals surface area contributed by atoms with Gasteiger partial charge in [0.2, 0.25) is 11.0 Å². The predicted molar refractivity (Wildman–Crippen MR) is 103 cm³/mol. The van der Waals surface area contributed by atoms with Crippen molar-refractivity contribution in [2.45, 2.75) is 18.4 Å². The number of benzene rings is 1. The number of carbonyl (C=O) groups is 1. The molecule has 0 saturated heterocycles. The van der Waals surface area contributed by atoms with Crippen LogP contribution >= 0.6 is 11.3 Å². The first-order valence-corrected chi connectivity index (χ1v) is 10.3. The van der Waals surface area contributed by atoms with Crippen LogP contribution in [0, 0.1) is 5.41 Å². The number of ether oxygens (including phenoxy) is 1. The molecule has 0 spiro atoms. The number of fused-ring (bicyclic) bond motifs is 1. The second kappa shape index (κ2) is 13.0. The minimum absolute atomic E-state index is 0. The average Bonchev–Trinajstić information content (AvgIpc) is 3.08. The van der Waals surface area contributed by atoms with Gasteiger partial charge in [-0.25, -0.2) is 18.4 Å². The summed E-state index contributed by atoms with van der Waals surface area (Å²) in [5.74, 6) is -1.35. The summed E-state index contributed by atoms with van der Waals surface area (Å²) < 4.78 is 38.7. The third-order valence-corrected chi connectivity index (χ3v) is 5.26. The molecular weight excluding hydrogens is 515 g/mol. The van der Waals surface area contributed by atoms with Gasteiger partial charge in [-0.1, -0.05) is 23.2 Å². The number of anilines is 1. The van der Waals surface area contributed by atoms with Crippen LogP contribution in [-0.2, 0) is 26.3 Å². The Labute approximate surface area is 271 Å². The van der Waals surface area contributed by atoms with Crippen molar-refractivity contribution in [1.29, 1.82) is 5.41 Å². The van der Waals surface area contributed by atoms with Crippen molar-refractivity contribution in [3.63, 3.8) is 0 Å². The normalized spacial score (nSPS) is 10.9. The minimum atomic E-state index is -4.61. The molecule has 2 heterocycles. The van der Waals surface area contributed by atoms with Crippen molar-refractivity contribution in [1.82, 2.24) is 9.97 Å². The van der Waals surface area contributed by atoms with Gasteiger partial charge < -0.3 is 19.7 Å². The topological polar surface area (TPSA) is 193 Å². The molecule has 156 valence electrons. The van der Waals surface area contributed by atoms with Crippen molar-refractivity contribution in [2.75, 3.05) is 5.32 Å². The van der Waals surface area contributed by atoms with E-state index in [2.05, 4.69) is 25.5 Å². The van der Waals surface area contributed by atoms with Gasteiger partial charge in [0, 0.05) is 12.5 Å². The number of hydrogen-bond donors (Lipinski definition) is 2. The van der Waals surface area contributed by atoms with Gasteiger partial charge in [0.25, 0.3) is 0 Å². The number of azo groups is 1. The van der Waals surface area contributed by atoms with Crippen LogP contribution in [-0.4, -0.2) is 35.2 Å². The van der Waals surface area contributed by atoms with Crippen LogP contribution in [0.15, 0.2) is 39.4 Å². The van der Waals surface area contributed by atoms with Gasteiger partial charge in [0.15, 0.2) is 12.2 Å². The van der Waals surface area contributed by atoms with Crippen molar-refractivity contribution < 1.29 is 130 Å². The number of rotatable bonds is 7. The largest absolute Gasteiger partial charge is 1.00 e. The number of carbonyl (C=O) groups excluding carboxylic acids is 1. The number of hydrogen-bond acceptors (Lipinski definition) is 12. The first kappa shape index (κ1) is 29.8. The molecule has 0 atom stereocenters. The third-order valence-electron chi connectivity index (χ3n) is 3.53.